The van der Waals surface area contributed by atoms with Crippen molar-refractivity contribution in [2.45, 2.75) is 24.5 Å². The van der Waals surface area contributed by atoms with Gasteiger partial charge in [-0.05, 0) is 37.1 Å². The summed E-state index contributed by atoms with van der Waals surface area (Å²) < 4.78 is 5.28. The zero-order valence-electron chi connectivity index (χ0n) is 17.2. The fourth-order valence-electron chi connectivity index (χ4n) is 3.32. The van der Waals surface area contributed by atoms with Crippen LogP contribution in [0.25, 0.3) is 0 Å². The highest BCUT2D eigenvalue weighted by molar-refractivity contribution is 8.01. The second-order valence-corrected chi connectivity index (χ2v) is 8.50. The van der Waals surface area contributed by atoms with E-state index in [-0.39, 0.29) is 22.6 Å². The largest absolute Gasteiger partial charge is 0.495 e. The number of anilines is 1. The molecule has 0 radical (unpaired) electrons. The van der Waals surface area contributed by atoms with Crippen molar-refractivity contribution >= 4 is 29.4 Å². The van der Waals surface area contributed by atoms with E-state index in [1.54, 1.807) is 43.0 Å². The lowest BCUT2D eigenvalue weighted by atomic mass is 10.1. The van der Waals surface area contributed by atoms with Gasteiger partial charge in [-0.25, -0.2) is 4.79 Å². The molecule has 2 atom stereocenters. The summed E-state index contributed by atoms with van der Waals surface area (Å²) in [5, 5.41) is 2.75. The maximum Gasteiger partial charge on any atom is 0.321 e. The minimum atomic E-state index is -0.241. The van der Waals surface area contributed by atoms with Crippen LogP contribution < -0.4 is 10.1 Å². The Morgan fingerprint density at radius 2 is 1.90 bits per heavy atom. The van der Waals surface area contributed by atoms with Crippen molar-refractivity contribution in [2.24, 2.45) is 0 Å². The molecule has 3 rings (SSSR count). The first kappa shape index (κ1) is 21.0. The van der Waals surface area contributed by atoms with Crippen LogP contribution in [0.1, 0.15) is 23.4 Å². The highest BCUT2D eigenvalue weighted by Crippen LogP contribution is 2.43. The summed E-state index contributed by atoms with van der Waals surface area (Å²) in [7, 11) is 3.29. The van der Waals surface area contributed by atoms with Gasteiger partial charge in [-0.1, -0.05) is 36.4 Å². The number of likely N-dealkylation sites (N-methyl/N-ethyl adjacent to an activating group) is 1. The van der Waals surface area contributed by atoms with Crippen LogP contribution >= 0.6 is 11.8 Å². The Morgan fingerprint density at radius 3 is 2.62 bits per heavy atom. The first-order valence-corrected chi connectivity index (χ1v) is 10.5. The van der Waals surface area contributed by atoms with E-state index in [1.807, 2.05) is 36.1 Å². The average molecular weight is 414 g/mol. The molecule has 0 saturated carbocycles. The molecule has 2 aromatic carbocycles. The summed E-state index contributed by atoms with van der Waals surface area (Å²) >= 11 is 1.66. The molecular weight excluding hydrogens is 386 g/mol. The van der Waals surface area contributed by atoms with Crippen LogP contribution in [-0.2, 0) is 4.79 Å². The van der Waals surface area contributed by atoms with Crippen LogP contribution in [0.2, 0.25) is 0 Å². The summed E-state index contributed by atoms with van der Waals surface area (Å²) in [5.41, 5.74) is 2.93. The van der Waals surface area contributed by atoms with Gasteiger partial charge in [-0.2, -0.15) is 0 Å². The number of carbonyl (C=O) groups is 2. The van der Waals surface area contributed by atoms with Crippen molar-refractivity contribution < 1.29 is 14.3 Å². The van der Waals surface area contributed by atoms with Gasteiger partial charge >= 0.3 is 6.03 Å². The van der Waals surface area contributed by atoms with E-state index < -0.39 is 0 Å². The molecule has 1 N–H and O–H groups in total. The van der Waals surface area contributed by atoms with E-state index in [0.717, 1.165) is 5.56 Å². The third-order valence-electron chi connectivity index (χ3n) is 5.07. The van der Waals surface area contributed by atoms with E-state index in [4.69, 9.17) is 4.74 Å². The van der Waals surface area contributed by atoms with E-state index in [2.05, 4.69) is 24.4 Å². The molecule has 1 heterocycles. The van der Waals surface area contributed by atoms with E-state index in [0.29, 0.717) is 24.5 Å². The van der Waals surface area contributed by atoms with Crippen LogP contribution in [0.15, 0.2) is 48.5 Å². The van der Waals surface area contributed by atoms with Gasteiger partial charge in [0, 0.05) is 20.1 Å². The molecule has 0 unspecified atom stereocenters. The summed E-state index contributed by atoms with van der Waals surface area (Å²) in [4.78, 5) is 28.8. The highest BCUT2D eigenvalue weighted by Gasteiger charge is 2.38. The van der Waals surface area contributed by atoms with Crippen molar-refractivity contribution in [1.82, 2.24) is 9.80 Å². The number of ether oxygens (including phenoxy) is 1. The average Bonchev–Trinajstić information content (AvgIpc) is 3.00. The third-order valence-corrected chi connectivity index (χ3v) is 6.45. The Hall–Kier alpha value is -2.67. The fraction of sp³-hybridized carbons (Fsp3) is 0.364. The molecule has 1 fully saturated rings. The molecule has 29 heavy (non-hydrogen) atoms. The standard InChI is InChI=1S/C22H27N3O3S/c1-15-9-5-6-10-17(15)21-25(20(26)16(2)29-21)14-13-24(3)22(27)23-18-11-7-8-12-19(18)28-4/h5-12,16,21H,13-14H2,1-4H3,(H,23,27)/t16-,21+/m1/s1. The lowest BCUT2D eigenvalue weighted by molar-refractivity contribution is -0.129. The molecule has 1 aliphatic rings. The predicted molar refractivity (Wildman–Crippen MR) is 117 cm³/mol. The van der Waals surface area contributed by atoms with Crippen LogP contribution in [0.5, 0.6) is 5.75 Å². The molecule has 154 valence electrons. The maximum atomic E-state index is 12.7. The van der Waals surface area contributed by atoms with Crippen LogP contribution in [0, 0.1) is 6.92 Å². The summed E-state index contributed by atoms with van der Waals surface area (Å²) in [6.45, 7) is 4.91. The quantitative estimate of drug-likeness (QED) is 0.774. The van der Waals surface area contributed by atoms with Crippen molar-refractivity contribution in [3.05, 3.63) is 59.7 Å². The van der Waals surface area contributed by atoms with Gasteiger partial charge in [0.15, 0.2) is 0 Å². The van der Waals surface area contributed by atoms with Gasteiger partial charge in [-0.3, -0.25) is 4.79 Å². The number of aryl methyl sites for hydroxylation is 1. The van der Waals surface area contributed by atoms with E-state index in [9.17, 15) is 9.59 Å². The van der Waals surface area contributed by atoms with E-state index >= 15 is 0 Å². The van der Waals surface area contributed by atoms with Crippen LogP contribution in [-0.4, -0.2) is 54.2 Å². The minimum Gasteiger partial charge on any atom is -0.495 e. The highest BCUT2D eigenvalue weighted by atomic mass is 32.2. The van der Waals surface area contributed by atoms with Crippen molar-refractivity contribution in [2.75, 3.05) is 32.6 Å². The zero-order valence-corrected chi connectivity index (χ0v) is 18.0. The summed E-state index contributed by atoms with van der Waals surface area (Å²) in [6.07, 6.45) is 0. The van der Waals surface area contributed by atoms with Gasteiger partial charge in [0.2, 0.25) is 5.91 Å². The normalized spacial score (nSPS) is 18.6. The van der Waals surface area contributed by atoms with Gasteiger partial charge in [0.1, 0.15) is 11.1 Å². The van der Waals surface area contributed by atoms with Gasteiger partial charge in [-0.15, -0.1) is 11.8 Å². The molecule has 6 nitrogen and oxygen atoms in total. The van der Waals surface area contributed by atoms with Gasteiger partial charge < -0.3 is 19.9 Å². The second-order valence-electron chi connectivity index (χ2n) is 7.07. The van der Waals surface area contributed by atoms with E-state index in [1.165, 1.54) is 5.56 Å². The molecule has 0 spiro atoms. The first-order valence-electron chi connectivity index (χ1n) is 9.59. The second kappa shape index (κ2) is 9.22. The first-order chi connectivity index (χ1) is 13.9. The fourth-order valence-corrected chi connectivity index (χ4v) is 4.73. The number of para-hydroxylation sites is 2. The topological polar surface area (TPSA) is 61.9 Å². The smallest absolute Gasteiger partial charge is 0.321 e. The van der Waals surface area contributed by atoms with Crippen molar-refractivity contribution in [1.29, 1.82) is 0 Å². The predicted octanol–water partition coefficient (Wildman–Crippen LogP) is 4.13. The number of amides is 3. The molecular formula is C22H27N3O3S. The maximum absolute atomic E-state index is 12.7. The van der Waals surface area contributed by atoms with Gasteiger partial charge in [0.25, 0.3) is 0 Å². The number of methoxy groups -OCH3 is 1. The number of urea groups is 1. The minimum absolute atomic E-state index is 0.0237. The zero-order chi connectivity index (χ0) is 21.0. The Kier molecular flexibility index (Phi) is 6.69. The molecule has 0 aromatic heterocycles. The van der Waals surface area contributed by atoms with Gasteiger partial charge in [0.05, 0.1) is 18.0 Å². The summed E-state index contributed by atoms with van der Waals surface area (Å²) in [6, 6.07) is 15.2. The Morgan fingerprint density at radius 1 is 1.21 bits per heavy atom. The van der Waals surface area contributed by atoms with Crippen LogP contribution in [0.3, 0.4) is 0 Å². The number of hydrogen-bond donors (Lipinski definition) is 1. The lowest BCUT2D eigenvalue weighted by Crippen LogP contribution is -2.40. The molecule has 1 saturated heterocycles. The number of nitrogens with one attached hydrogen (secondary N) is 1. The van der Waals surface area contributed by atoms with Crippen molar-refractivity contribution in [3.63, 3.8) is 0 Å². The number of thioether (sulfide) groups is 1. The van der Waals surface area contributed by atoms with Crippen molar-refractivity contribution in [3.8, 4) is 5.75 Å². The Labute approximate surface area is 176 Å². The lowest BCUT2D eigenvalue weighted by Gasteiger charge is -2.28. The summed E-state index contributed by atoms with van der Waals surface area (Å²) in [5.74, 6) is 0.718. The SMILES string of the molecule is COc1ccccc1NC(=O)N(C)CCN1C(=O)[C@@H](C)S[C@H]1c1ccccc1C. The number of rotatable bonds is 6. The molecule has 1 aliphatic heterocycles. The number of carbonyl (C=O) groups excluding carboxylic acids is 2. The van der Waals surface area contributed by atoms with Crippen LogP contribution in [0.4, 0.5) is 10.5 Å². The molecule has 3 amide bonds. The third kappa shape index (κ3) is 4.67. The Bertz CT molecular complexity index is 889. The molecule has 0 bridgehead atoms. The monoisotopic (exact) mass is 413 g/mol. The number of nitrogens with zero attached hydrogens (tertiary/aromatic N) is 2. The Balaban J connectivity index is 1.66. The molecule has 2 aromatic rings. The molecule has 7 heteroatoms. The molecule has 0 aliphatic carbocycles. The number of benzene rings is 2. The number of hydrogen-bond acceptors (Lipinski definition) is 4.